The zero-order chi connectivity index (χ0) is 15.6. The Morgan fingerprint density at radius 3 is 2.65 bits per heavy atom. The number of guanidine groups is 1. The molecule has 0 saturated heterocycles. The molecule has 1 aromatic rings. The van der Waals surface area contributed by atoms with Gasteiger partial charge in [-0.2, -0.15) is 4.98 Å². The molecular weight excluding hydrogens is 409 g/mol. The van der Waals surface area contributed by atoms with Crippen LogP contribution in [0.5, 0.6) is 0 Å². The maximum Gasteiger partial charge on any atom is 0.226 e. The van der Waals surface area contributed by atoms with E-state index in [1.54, 1.807) is 7.05 Å². The first-order chi connectivity index (χ1) is 10.8. The Kier molecular flexibility index (Phi) is 10.2. The van der Waals surface area contributed by atoms with Crippen LogP contribution in [0.1, 0.15) is 37.4 Å². The van der Waals surface area contributed by atoms with Crippen LogP contribution in [0, 0.1) is 12.8 Å². The minimum atomic E-state index is 0. The van der Waals surface area contributed by atoms with Crippen molar-refractivity contribution in [3.8, 4) is 0 Å². The number of aromatic nitrogens is 2. The summed E-state index contributed by atoms with van der Waals surface area (Å²) in [5, 5.41) is 10.3. The highest BCUT2D eigenvalue weighted by atomic mass is 127. The SMILES string of the molecule is CN=C(NCCCOCC1CC1)NCCCc1nc(C)no1.I. The molecule has 1 aliphatic rings. The number of aliphatic imine (C=N–C) groups is 1. The van der Waals surface area contributed by atoms with Gasteiger partial charge in [-0.3, -0.25) is 4.99 Å². The van der Waals surface area contributed by atoms with Crippen LogP contribution in [0.15, 0.2) is 9.52 Å². The molecule has 8 heteroatoms. The van der Waals surface area contributed by atoms with E-state index in [0.29, 0.717) is 11.7 Å². The van der Waals surface area contributed by atoms with E-state index < -0.39 is 0 Å². The van der Waals surface area contributed by atoms with Crippen molar-refractivity contribution in [2.45, 2.75) is 39.0 Å². The van der Waals surface area contributed by atoms with Crippen molar-refractivity contribution in [3.05, 3.63) is 11.7 Å². The lowest BCUT2D eigenvalue weighted by Crippen LogP contribution is -2.38. The summed E-state index contributed by atoms with van der Waals surface area (Å²) >= 11 is 0. The summed E-state index contributed by atoms with van der Waals surface area (Å²) in [7, 11) is 1.78. The van der Waals surface area contributed by atoms with Gasteiger partial charge in [0.05, 0.1) is 0 Å². The molecule has 0 atom stereocenters. The van der Waals surface area contributed by atoms with Crippen LogP contribution in [0.25, 0.3) is 0 Å². The van der Waals surface area contributed by atoms with Crippen LogP contribution in [-0.4, -0.2) is 49.5 Å². The molecule has 1 saturated carbocycles. The molecule has 1 aromatic heterocycles. The second-order valence-electron chi connectivity index (χ2n) is 5.64. The van der Waals surface area contributed by atoms with E-state index in [9.17, 15) is 0 Å². The molecule has 0 radical (unpaired) electrons. The average molecular weight is 437 g/mol. The monoisotopic (exact) mass is 437 g/mol. The van der Waals surface area contributed by atoms with E-state index in [1.807, 2.05) is 6.92 Å². The number of hydrogen-bond acceptors (Lipinski definition) is 5. The summed E-state index contributed by atoms with van der Waals surface area (Å²) in [5.74, 6) is 3.04. The third-order valence-corrected chi connectivity index (χ3v) is 3.46. The summed E-state index contributed by atoms with van der Waals surface area (Å²) in [6.45, 7) is 5.26. The lowest BCUT2D eigenvalue weighted by atomic mass is 10.3. The second kappa shape index (κ2) is 11.6. The largest absolute Gasteiger partial charge is 0.381 e. The fourth-order valence-electron chi connectivity index (χ4n) is 2.02. The highest BCUT2D eigenvalue weighted by Crippen LogP contribution is 2.28. The molecule has 23 heavy (non-hydrogen) atoms. The van der Waals surface area contributed by atoms with Gasteiger partial charge in [0, 0.05) is 39.8 Å². The molecule has 132 valence electrons. The molecule has 0 aliphatic heterocycles. The van der Waals surface area contributed by atoms with E-state index in [2.05, 4.69) is 25.8 Å². The van der Waals surface area contributed by atoms with Crippen LogP contribution in [0.4, 0.5) is 0 Å². The molecule has 1 fully saturated rings. The topological polar surface area (TPSA) is 84.6 Å². The zero-order valence-corrected chi connectivity index (χ0v) is 16.3. The van der Waals surface area contributed by atoms with Gasteiger partial charge < -0.3 is 19.9 Å². The lowest BCUT2D eigenvalue weighted by molar-refractivity contribution is 0.123. The van der Waals surface area contributed by atoms with Crippen molar-refractivity contribution >= 4 is 29.9 Å². The summed E-state index contributed by atoms with van der Waals surface area (Å²) in [6.07, 6.45) is 5.39. The highest BCUT2D eigenvalue weighted by Gasteiger charge is 2.20. The summed E-state index contributed by atoms with van der Waals surface area (Å²) in [6, 6.07) is 0. The van der Waals surface area contributed by atoms with E-state index in [0.717, 1.165) is 57.4 Å². The zero-order valence-electron chi connectivity index (χ0n) is 14.0. The number of ether oxygens (including phenoxy) is 1. The van der Waals surface area contributed by atoms with Gasteiger partial charge in [0.25, 0.3) is 0 Å². The Morgan fingerprint density at radius 2 is 2.04 bits per heavy atom. The number of nitrogens with one attached hydrogen (secondary N) is 2. The van der Waals surface area contributed by atoms with Crippen molar-refractivity contribution in [1.29, 1.82) is 0 Å². The van der Waals surface area contributed by atoms with E-state index >= 15 is 0 Å². The summed E-state index contributed by atoms with van der Waals surface area (Å²) < 4.78 is 10.7. The van der Waals surface area contributed by atoms with Crippen LogP contribution < -0.4 is 10.6 Å². The molecule has 2 N–H and O–H groups in total. The fourth-order valence-corrected chi connectivity index (χ4v) is 2.02. The number of rotatable bonds is 10. The van der Waals surface area contributed by atoms with Gasteiger partial charge in [0.15, 0.2) is 11.8 Å². The van der Waals surface area contributed by atoms with Crippen molar-refractivity contribution in [2.24, 2.45) is 10.9 Å². The minimum Gasteiger partial charge on any atom is -0.381 e. The molecule has 7 nitrogen and oxygen atoms in total. The van der Waals surface area contributed by atoms with Crippen LogP contribution in [-0.2, 0) is 11.2 Å². The Morgan fingerprint density at radius 1 is 1.30 bits per heavy atom. The van der Waals surface area contributed by atoms with Crippen LogP contribution in [0.2, 0.25) is 0 Å². The van der Waals surface area contributed by atoms with Gasteiger partial charge in [-0.15, -0.1) is 24.0 Å². The molecule has 0 spiro atoms. The van der Waals surface area contributed by atoms with Crippen molar-refractivity contribution in [2.75, 3.05) is 33.4 Å². The predicted octanol–water partition coefficient (Wildman–Crippen LogP) is 1.91. The van der Waals surface area contributed by atoms with Crippen LogP contribution >= 0.6 is 24.0 Å². The molecular formula is C15H28IN5O2. The third-order valence-electron chi connectivity index (χ3n) is 3.46. The molecule has 2 rings (SSSR count). The Bertz CT molecular complexity index is 462. The first kappa shape index (κ1) is 20.1. The van der Waals surface area contributed by atoms with Gasteiger partial charge in [-0.25, -0.2) is 0 Å². The fraction of sp³-hybridized carbons (Fsp3) is 0.800. The van der Waals surface area contributed by atoms with Gasteiger partial charge in [0.2, 0.25) is 5.89 Å². The number of hydrogen-bond donors (Lipinski definition) is 2. The first-order valence-electron chi connectivity index (χ1n) is 8.09. The quantitative estimate of drug-likeness (QED) is 0.252. The molecule has 0 bridgehead atoms. The van der Waals surface area contributed by atoms with Gasteiger partial charge in [0.1, 0.15) is 0 Å². The minimum absolute atomic E-state index is 0. The molecule has 0 amide bonds. The maximum absolute atomic E-state index is 5.60. The van der Waals surface area contributed by atoms with Gasteiger partial charge >= 0.3 is 0 Å². The first-order valence-corrected chi connectivity index (χ1v) is 8.09. The highest BCUT2D eigenvalue weighted by molar-refractivity contribution is 14.0. The Labute approximate surface area is 155 Å². The number of halogens is 1. The summed E-state index contributed by atoms with van der Waals surface area (Å²) in [4.78, 5) is 8.37. The molecule has 0 unspecified atom stereocenters. The van der Waals surface area contributed by atoms with Crippen molar-refractivity contribution in [3.63, 3.8) is 0 Å². The van der Waals surface area contributed by atoms with Crippen LogP contribution in [0.3, 0.4) is 0 Å². The smallest absolute Gasteiger partial charge is 0.226 e. The molecule has 1 heterocycles. The number of aryl methyl sites for hydroxylation is 2. The van der Waals surface area contributed by atoms with E-state index in [1.165, 1.54) is 12.8 Å². The Hall–Kier alpha value is -0.900. The molecule has 1 aliphatic carbocycles. The lowest BCUT2D eigenvalue weighted by Gasteiger charge is -2.11. The van der Waals surface area contributed by atoms with E-state index in [-0.39, 0.29) is 24.0 Å². The second-order valence-corrected chi connectivity index (χ2v) is 5.64. The predicted molar refractivity (Wildman–Crippen MR) is 100 cm³/mol. The third kappa shape index (κ3) is 9.09. The van der Waals surface area contributed by atoms with Gasteiger partial charge in [-0.05, 0) is 38.5 Å². The number of nitrogens with zero attached hydrogens (tertiary/aromatic N) is 3. The van der Waals surface area contributed by atoms with Gasteiger partial charge in [-0.1, -0.05) is 5.16 Å². The average Bonchev–Trinajstić information content (AvgIpc) is 3.25. The standard InChI is InChI=1S/C15H27N5O2.HI/c1-12-19-14(22-20-12)5-3-8-17-15(16-2)18-9-4-10-21-11-13-6-7-13;/h13H,3-11H2,1-2H3,(H2,16,17,18);1H. The van der Waals surface area contributed by atoms with Crippen molar-refractivity contribution in [1.82, 2.24) is 20.8 Å². The normalized spacial score (nSPS) is 14.4. The summed E-state index contributed by atoms with van der Waals surface area (Å²) in [5.41, 5.74) is 0. The maximum atomic E-state index is 5.60. The molecule has 0 aromatic carbocycles. The Balaban J connectivity index is 0.00000264. The van der Waals surface area contributed by atoms with E-state index in [4.69, 9.17) is 9.26 Å². The van der Waals surface area contributed by atoms with Crippen molar-refractivity contribution < 1.29 is 9.26 Å².